The number of nitrogens with zero attached hydrogens (tertiary/aromatic N) is 1. The number of halogens is 1. The summed E-state index contributed by atoms with van der Waals surface area (Å²) in [6.07, 6.45) is 1.25. The van der Waals surface area contributed by atoms with E-state index in [0.29, 0.717) is 11.3 Å². The maximum absolute atomic E-state index is 13.3. The van der Waals surface area contributed by atoms with Gasteiger partial charge in [0.25, 0.3) is 17.7 Å². The maximum atomic E-state index is 13.3. The molecule has 1 saturated heterocycles. The molecule has 1 aliphatic heterocycles. The fourth-order valence-electron chi connectivity index (χ4n) is 3.97. The lowest BCUT2D eigenvalue weighted by molar-refractivity contribution is -0.122. The average Bonchev–Trinajstić information content (AvgIpc) is 2.96. The molecule has 0 bridgehead atoms. The number of benzene rings is 3. The molecule has 1 fully saturated rings. The van der Waals surface area contributed by atoms with Crippen molar-refractivity contribution in [2.24, 2.45) is 0 Å². The number of hydrogen-bond donors (Lipinski definition) is 2. The van der Waals surface area contributed by atoms with Gasteiger partial charge >= 0.3 is 12.0 Å². The number of anilines is 2. The van der Waals surface area contributed by atoms with Crippen LogP contribution in [0.1, 0.15) is 28.4 Å². The number of barbiturate groups is 1. The Morgan fingerprint density at radius 1 is 1.00 bits per heavy atom. The summed E-state index contributed by atoms with van der Waals surface area (Å²) in [4.78, 5) is 63.4. The van der Waals surface area contributed by atoms with Crippen molar-refractivity contribution in [3.05, 3.63) is 87.9 Å². The molecule has 12 heteroatoms. The van der Waals surface area contributed by atoms with E-state index in [1.807, 2.05) is 19.1 Å². The topological polar surface area (TPSA) is 140 Å². The maximum Gasteiger partial charge on any atom is 0.337 e. The van der Waals surface area contributed by atoms with Crippen LogP contribution in [0.25, 0.3) is 6.08 Å². The Kier molecular flexibility index (Phi) is 9.23. The van der Waals surface area contributed by atoms with Crippen LogP contribution >= 0.6 is 11.6 Å². The first-order valence-corrected chi connectivity index (χ1v) is 13.0. The summed E-state index contributed by atoms with van der Waals surface area (Å²) in [5.74, 6) is -2.53. The Labute approximate surface area is 246 Å². The predicted molar refractivity (Wildman–Crippen MR) is 155 cm³/mol. The van der Waals surface area contributed by atoms with Gasteiger partial charge in [-0.1, -0.05) is 29.3 Å². The zero-order valence-corrected chi connectivity index (χ0v) is 23.6. The number of ether oxygens (including phenoxy) is 3. The molecule has 2 N–H and O–H groups in total. The van der Waals surface area contributed by atoms with Gasteiger partial charge in [-0.15, -0.1) is 0 Å². The molecular formula is C30H26ClN3O8. The Morgan fingerprint density at radius 3 is 2.33 bits per heavy atom. The second-order valence-corrected chi connectivity index (χ2v) is 9.37. The summed E-state index contributed by atoms with van der Waals surface area (Å²) >= 11 is 6.47. The molecule has 5 amide bonds. The fourth-order valence-corrected chi connectivity index (χ4v) is 4.24. The van der Waals surface area contributed by atoms with Gasteiger partial charge in [0.1, 0.15) is 5.57 Å². The van der Waals surface area contributed by atoms with Gasteiger partial charge in [0.05, 0.1) is 30.0 Å². The number of nitrogens with one attached hydrogen (secondary N) is 2. The molecule has 0 unspecified atom stereocenters. The highest BCUT2D eigenvalue weighted by Gasteiger charge is 2.37. The lowest BCUT2D eigenvalue weighted by atomic mass is 10.1. The van der Waals surface area contributed by atoms with E-state index in [4.69, 9.17) is 21.1 Å². The molecule has 0 aliphatic carbocycles. The van der Waals surface area contributed by atoms with Crippen molar-refractivity contribution in [2.45, 2.75) is 13.8 Å². The van der Waals surface area contributed by atoms with Gasteiger partial charge in [-0.3, -0.25) is 19.7 Å². The number of rotatable bonds is 9. The zero-order valence-electron chi connectivity index (χ0n) is 22.9. The van der Waals surface area contributed by atoms with Gasteiger partial charge in [-0.05, 0) is 74.0 Å². The summed E-state index contributed by atoms with van der Waals surface area (Å²) in [5, 5.41) is 4.92. The van der Waals surface area contributed by atoms with E-state index in [9.17, 15) is 24.0 Å². The summed E-state index contributed by atoms with van der Waals surface area (Å²) in [6, 6.07) is 14.7. The SMILES string of the molecule is CCOc1cc(/C=C2\C(=O)NC(=O)N(c3ccc(C(=O)OC)cc3)C2=O)cc(Cl)c1OCC(=O)Nc1ccc(C)cc1. The second-order valence-electron chi connectivity index (χ2n) is 8.96. The van der Waals surface area contributed by atoms with Crippen LogP contribution in [0, 0.1) is 6.92 Å². The summed E-state index contributed by atoms with van der Waals surface area (Å²) in [5.41, 5.74) is 1.95. The first-order valence-electron chi connectivity index (χ1n) is 12.7. The van der Waals surface area contributed by atoms with Crippen LogP contribution in [-0.4, -0.2) is 50.0 Å². The number of esters is 1. The van der Waals surface area contributed by atoms with Crippen molar-refractivity contribution in [1.82, 2.24) is 5.32 Å². The molecule has 3 aromatic rings. The van der Waals surface area contributed by atoms with Gasteiger partial charge in [0.15, 0.2) is 18.1 Å². The van der Waals surface area contributed by atoms with Crippen LogP contribution in [0.3, 0.4) is 0 Å². The van der Waals surface area contributed by atoms with E-state index in [-0.39, 0.29) is 46.6 Å². The lowest BCUT2D eigenvalue weighted by Crippen LogP contribution is -2.54. The minimum atomic E-state index is -0.950. The molecule has 0 aromatic heterocycles. The molecular weight excluding hydrogens is 566 g/mol. The number of hydrogen-bond acceptors (Lipinski definition) is 8. The third-order valence-corrected chi connectivity index (χ3v) is 6.25. The van der Waals surface area contributed by atoms with E-state index in [1.54, 1.807) is 19.1 Å². The molecule has 1 heterocycles. The molecule has 0 saturated carbocycles. The van der Waals surface area contributed by atoms with Crippen molar-refractivity contribution in [3.63, 3.8) is 0 Å². The van der Waals surface area contributed by atoms with Gasteiger partial charge in [0, 0.05) is 5.69 Å². The molecule has 3 aromatic carbocycles. The molecule has 4 rings (SSSR count). The molecule has 0 atom stereocenters. The van der Waals surface area contributed by atoms with E-state index in [0.717, 1.165) is 10.5 Å². The second kappa shape index (κ2) is 13.0. The number of aryl methyl sites for hydroxylation is 1. The number of urea groups is 1. The Balaban J connectivity index is 1.57. The van der Waals surface area contributed by atoms with Crippen LogP contribution in [0.2, 0.25) is 5.02 Å². The molecule has 216 valence electrons. The van der Waals surface area contributed by atoms with E-state index in [1.165, 1.54) is 49.6 Å². The number of amides is 5. The summed E-state index contributed by atoms with van der Waals surface area (Å²) < 4.78 is 16.0. The summed E-state index contributed by atoms with van der Waals surface area (Å²) in [6.45, 7) is 3.54. The summed E-state index contributed by atoms with van der Waals surface area (Å²) in [7, 11) is 1.23. The number of carbonyl (C=O) groups is 5. The van der Waals surface area contributed by atoms with E-state index in [2.05, 4.69) is 15.4 Å². The van der Waals surface area contributed by atoms with Gasteiger partial charge in [0.2, 0.25) is 0 Å². The Hall–Kier alpha value is -5.16. The van der Waals surface area contributed by atoms with E-state index < -0.39 is 29.7 Å². The average molecular weight is 592 g/mol. The molecule has 0 spiro atoms. The minimum Gasteiger partial charge on any atom is -0.490 e. The van der Waals surface area contributed by atoms with Crippen LogP contribution in [0.5, 0.6) is 11.5 Å². The number of imide groups is 2. The third kappa shape index (κ3) is 6.76. The first-order chi connectivity index (χ1) is 20.1. The smallest absolute Gasteiger partial charge is 0.337 e. The number of carbonyl (C=O) groups excluding carboxylic acids is 5. The molecule has 0 radical (unpaired) electrons. The van der Waals surface area contributed by atoms with Crippen molar-refractivity contribution >= 4 is 58.8 Å². The number of methoxy groups -OCH3 is 1. The van der Waals surface area contributed by atoms with Gasteiger partial charge in [-0.25, -0.2) is 14.5 Å². The lowest BCUT2D eigenvalue weighted by Gasteiger charge is -2.26. The van der Waals surface area contributed by atoms with Crippen LogP contribution < -0.4 is 25.0 Å². The molecule has 1 aliphatic rings. The highest BCUT2D eigenvalue weighted by molar-refractivity contribution is 6.39. The van der Waals surface area contributed by atoms with E-state index >= 15 is 0 Å². The first kappa shape index (κ1) is 29.8. The van der Waals surface area contributed by atoms with Crippen molar-refractivity contribution in [1.29, 1.82) is 0 Å². The Morgan fingerprint density at radius 2 is 1.69 bits per heavy atom. The van der Waals surface area contributed by atoms with Crippen LogP contribution in [0.15, 0.2) is 66.2 Å². The fraction of sp³-hybridized carbons (Fsp3) is 0.167. The third-order valence-electron chi connectivity index (χ3n) is 5.97. The Bertz CT molecular complexity index is 1580. The van der Waals surface area contributed by atoms with Crippen molar-refractivity contribution in [2.75, 3.05) is 30.5 Å². The van der Waals surface area contributed by atoms with Crippen molar-refractivity contribution in [3.8, 4) is 11.5 Å². The highest BCUT2D eigenvalue weighted by atomic mass is 35.5. The largest absolute Gasteiger partial charge is 0.490 e. The molecule has 42 heavy (non-hydrogen) atoms. The standard InChI is InChI=1S/C30H26ClN3O8/c1-4-41-24-15-18(14-23(31)26(24)42-16-25(35)32-20-9-5-17(2)6-10-20)13-22-27(36)33-30(39)34(28(22)37)21-11-7-19(8-12-21)29(38)40-3/h5-15H,4,16H2,1-3H3,(H,32,35)(H,33,36,39)/b22-13+. The predicted octanol–water partition coefficient (Wildman–Crippen LogP) is 4.52. The van der Waals surface area contributed by atoms with Gasteiger partial charge in [-0.2, -0.15) is 0 Å². The monoisotopic (exact) mass is 591 g/mol. The van der Waals surface area contributed by atoms with Crippen molar-refractivity contribution < 1.29 is 38.2 Å². The van der Waals surface area contributed by atoms with Crippen LogP contribution in [-0.2, 0) is 19.1 Å². The quantitative estimate of drug-likeness (QED) is 0.210. The normalized spacial score (nSPS) is 14.0. The highest BCUT2D eigenvalue weighted by Crippen LogP contribution is 2.37. The van der Waals surface area contributed by atoms with Crippen LogP contribution in [0.4, 0.5) is 16.2 Å². The minimum absolute atomic E-state index is 0.0611. The van der Waals surface area contributed by atoms with Gasteiger partial charge < -0.3 is 19.5 Å². The zero-order chi connectivity index (χ0) is 30.4. The molecule has 11 nitrogen and oxygen atoms in total.